The third-order valence-electron chi connectivity index (χ3n) is 3.38. The first kappa shape index (κ1) is 13.1. The molecule has 1 amide bonds. The number of carbonyl (C=O) groups is 1. The van der Waals surface area contributed by atoms with E-state index in [-0.39, 0.29) is 11.9 Å². The van der Waals surface area contributed by atoms with Crippen LogP contribution < -0.4 is 10.6 Å². The summed E-state index contributed by atoms with van der Waals surface area (Å²) >= 11 is 0. The molecule has 1 aliphatic rings. The van der Waals surface area contributed by atoms with Crippen LogP contribution in [0.15, 0.2) is 30.3 Å². The number of carbonyl (C=O) groups excluding carboxylic acids is 1. The predicted molar refractivity (Wildman–Crippen MR) is 72.4 cm³/mol. The van der Waals surface area contributed by atoms with Crippen LogP contribution in [0.25, 0.3) is 0 Å². The molecule has 0 saturated carbocycles. The van der Waals surface area contributed by atoms with Crippen LogP contribution in [0, 0.1) is 0 Å². The molecule has 0 radical (unpaired) electrons. The molecule has 0 spiro atoms. The van der Waals surface area contributed by atoms with Crippen molar-refractivity contribution in [3.63, 3.8) is 0 Å². The molecule has 18 heavy (non-hydrogen) atoms. The zero-order valence-electron chi connectivity index (χ0n) is 10.9. The number of amides is 1. The fourth-order valence-corrected chi connectivity index (χ4v) is 2.30. The molecule has 1 fully saturated rings. The van der Waals surface area contributed by atoms with Crippen molar-refractivity contribution in [2.24, 2.45) is 0 Å². The molecule has 1 aromatic carbocycles. The van der Waals surface area contributed by atoms with Crippen molar-refractivity contribution in [2.45, 2.75) is 12.5 Å². The standard InChI is InChI=1S/C14H21N3O/c1-15-14(18)13-11-17(10-8-16-13)9-7-12-5-3-2-4-6-12/h2-6,13,16H,7-11H2,1H3,(H,15,18)/t13-/m0/s1. The smallest absolute Gasteiger partial charge is 0.238 e. The van der Waals surface area contributed by atoms with Gasteiger partial charge in [-0.2, -0.15) is 0 Å². The Morgan fingerprint density at radius 2 is 2.22 bits per heavy atom. The van der Waals surface area contributed by atoms with Gasteiger partial charge in [0.25, 0.3) is 0 Å². The molecule has 0 aliphatic carbocycles. The highest BCUT2D eigenvalue weighted by Crippen LogP contribution is 2.04. The molecule has 4 nitrogen and oxygen atoms in total. The predicted octanol–water partition coefficient (Wildman–Crippen LogP) is 0.249. The van der Waals surface area contributed by atoms with E-state index >= 15 is 0 Å². The van der Waals surface area contributed by atoms with E-state index < -0.39 is 0 Å². The van der Waals surface area contributed by atoms with Gasteiger partial charge >= 0.3 is 0 Å². The first-order valence-corrected chi connectivity index (χ1v) is 6.51. The molecule has 0 bridgehead atoms. The summed E-state index contributed by atoms with van der Waals surface area (Å²) in [6.45, 7) is 3.71. The molecule has 1 saturated heterocycles. The summed E-state index contributed by atoms with van der Waals surface area (Å²) in [5.41, 5.74) is 1.35. The summed E-state index contributed by atoms with van der Waals surface area (Å²) < 4.78 is 0. The largest absolute Gasteiger partial charge is 0.358 e. The van der Waals surface area contributed by atoms with E-state index in [1.54, 1.807) is 7.05 Å². The van der Waals surface area contributed by atoms with Gasteiger partial charge in [0.05, 0.1) is 6.04 Å². The minimum atomic E-state index is -0.0699. The Labute approximate surface area is 108 Å². The van der Waals surface area contributed by atoms with Gasteiger partial charge in [-0.3, -0.25) is 9.69 Å². The van der Waals surface area contributed by atoms with E-state index in [0.29, 0.717) is 0 Å². The van der Waals surface area contributed by atoms with Gasteiger partial charge in [-0.25, -0.2) is 0 Å². The Bertz CT molecular complexity index is 380. The normalized spacial score (nSPS) is 20.6. The third-order valence-corrected chi connectivity index (χ3v) is 3.38. The maximum absolute atomic E-state index is 11.6. The summed E-state index contributed by atoms with van der Waals surface area (Å²) in [4.78, 5) is 13.9. The number of hydrogen-bond donors (Lipinski definition) is 2. The quantitative estimate of drug-likeness (QED) is 0.801. The van der Waals surface area contributed by atoms with Gasteiger partial charge < -0.3 is 10.6 Å². The van der Waals surface area contributed by atoms with Gasteiger partial charge in [-0.05, 0) is 12.0 Å². The van der Waals surface area contributed by atoms with Crippen molar-refractivity contribution in [1.29, 1.82) is 0 Å². The second-order valence-electron chi connectivity index (χ2n) is 4.66. The van der Waals surface area contributed by atoms with Crippen LogP contribution in [0.1, 0.15) is 5.56 Å². The lowest BCUT2D eigenvalue weighted by atomic mass is 10.1. The van der Waals surface area contributed by atoms with Crippen LogP contribution in [0.4, 0.5) is 0 Å². The lowest BCUT2D eigenvalue weighted by molar-refractivity contribution is -0.123. The van der Waals surface area contributed by atoms with Crippen molar-refractivity contribution in [1.82, 2.24) is 15.5 Å². The molecule has 0 unspecified atom stereocenters. The van der Waals surface area contributed by atoms with Crippen LogP contribution in [0.2, 0.25) is 0 Å². The number of rotatable bonds is 4. The van der Waals surface area contributed by atoms with Crippen LogP contribution in [0.5, 0.6) is 0 Å². The molecule has 1 heterocycles. The Balaban J connectivity index is 1.81. The summed E-state index contributed by atoms with van der Waals surface area (Å²) in [7, 11) is 1.69. The Hall–Kier alpha value is -1.39. The highest BCUT2D eigenvalue weighted by atomic mass is 16.2. The summed E-state index contributed by atoms with van der Waals surface area (Å²) in [5, 5.41) is 5.95. The number of benzene rings is 1. The minimum absolute atomic E-state index is 0.0699. The summed E-state index contributed by atoms with van der Waals surface area (Å²) in [6, 6.07) is 10.4. The third kappa shape index (κ3) is 3.55. The van der Waals surface area contributed by atoms with Crippen LogP contribution >= 0.6 is 0 Å². The molecule has 4 heteroatoms. The average Bonchev–Trinajstić information content (AvgIpc) is 2.45. The number of likely N-dealkylation sites (N-methyl/N-ethyl adjacent to an activating group) is 1. The lowest BCUT2D eigenvalue weighted by Gasteiger charge is -2.32. The van der Waals surface area contributed by atoms with Gasteiger partial charge in [0.15, 0.2) is 0 Å². The second kappa shape index (κ2) is 6.52. The average molecular weight is 247 g/mol. The SMILES string of the molecule is CNC(=O)[C@@H]1CN(CCc2ccccc2)CCN1. The Kier molecular flexibility index (Phi) is 4.73. The number of piperazine rings is 1. The number of nitrogens with one attached hydrogen (secondary N) is 2. The first-order valence-electron chi connectivity index (χ1n) is 6.51. The second-order valence-corrected chi connectivity index (χ2v) is 4.66. The van der Waals surface area contributed by atoms with Gasteiger partial charge in [0.2, 0.25) is 5.91 Å². The summed E-state index contributed by atoms with van der Waals surface area (Å²) in [6.07, 6.45) is 1.04. The highest BCUT2D eigenvalue weighted by Gasteiger charge is 2.23. The van der Waals surface area contributed by atoms with Crippen LogP contribution in [-0.2, 0) is 11.2 Å². The van der Waals surface area contributed by atoms with Crippen molar-refractivity contribution >= 4 is 5.91 Å². The number of hydrogen-bond acceptors (Lipinski definition) is 3. The Morgan fingerprint density at radius 1 is 1.44 bits per heavy atom. The highest BCUT2D eigenvalue weighted by molar-refractivity contribution is 5.81. The van der Waals surface area contributed by atoms with Gasteiger partial charge in [-0.1, -0.05) is 30.3 Å². The van der Waals surface area contributed by atoms with Gasteiger partial charge in [0.1, 0.15) is 0 Å². The molecule has 0 aromatic heterocycles. The van der Waals surface area contributed by atoms with E-state index in [1.165, 1.54) is 5.56 Å². The zero-order valence-corrected chi connectivity index (χ0v) is 10.9. The van der Waals surface area contributed by atoms with Gasteiger partial charge in [0, 0.05) is 33.2 Å². The fraction of sp³-hybridized carbons (Fsp3) is 0.500. The number of nitrogens with zero attached hydrogens (tertiary/aromatic N) is 1. The van der Waals surface area contributed by atoms with E-state index in [2.05, 4.69) is 39.8 Å². The van der Waals surface area contributed by atoms with Crippen molar-refractivity contribution < 1.29 is 4.79 Å². The van der Waals surface area contributed by atoms with E-state index in [9.17, 15) is 4.79 Å². The molecule has 2 N–H and O–H groups in total. The van der Waals surface area contributed by atoms with E-state index in [0.717, 1.165) is 32.6 Å². The van der Waals surface area contributed by atoms with Gasteiger partial charge in [-0.15, -0.1) is 0 Å². The molecule has 1 atom stereocenters. The minimum Gasteiger partial charge on any atom is -0.358 e. The maximum atomic E-state index is 11.6. The van der Waals surface area contributed by atoms with E-state index in [1.807, 2.05) is 6.07 Å². The molecular formula is C14H21N3O. The maximum Gasteiger partial charge on any atom is 0.238 e. The first-order chi connectivity index (χ1) is 8.79. The topological polar surface area (TPSA) is 44.4 Å². The van der Waals surface area contributed by atoms with Crippen LogP contribution in [0.3, 0.4) is 0 Å². The molecular weight excluding hydrogens is 226 g/mol. The monoisotopic (exact) mass is 247 g/mol. The van der Waals surface area contributed by atoms with Crippen molar-refractivity contribution in [3.05, 3.63) is 35.9 Å². The molecule has 2 rings (SSSR count). The molecule has 98 valence electrons. The summed E-state index contributed by atoms with van der Waals surface area (Å²) in [5.74, 6) is 0.0828. The molecule has 1 aliphatic heterocycles. The Morgan fingerprint density at radius 3 is 2.94 bits per heavy atom. The van der Waals surface area contributed by atoms with E-state index in [4.69, 9.17) is 0 Å². The van der Waals surface area contributed by atoms with Crippen molar-refractivity contribution in [3.8, 4) is 0 Å². The van der Waals surface area contributed by atoms with Crippen molar-refractivity contribution in [2.75, 3.05) is 33.2 Å². The zero-order chi connectivity index (χ0) is 12.8. The lowest BCUT2D eigenvalue weighted by Crippen LogP contribution is -2.56. The molecule has 1 aromatic rings. The van der Waals surface area contributed by atoms with Crippen LogP contribution in [-0.4, -0.2) is 50.1 Å². The fourth-order valence-electron chi connectivity index (χ4n) is 2.30.